The standard InChI is InChI=1S/C15H13N3O5/c1-10(11-5-3-2-4-6-11)15(19)16-12-7-13(17(20)21)9-14(8-12)18(22)23/h2-10H,1H3,(H,16,19)/t10-/m1/s1. The van der Waals surface area contributed by atoms with E-state index >= 15 is 0 Å². The minimum Gasteiger partial charge on any atom is -0.325 e. The third-order valence-electron chi connectivity index (χ3n) is 3.28. The van der Waals surface area contributed by atoms with Gasteiger partial charge < -0.3 is 5.32 Å². The Morgan fingerprint density at radius 3 is 2.00 bits per heavy atom. The summed E-state index contributed by atoms with van der Waals surface area (Å²) >= 11 is 0. The largest absolute Gasteiger partial charge is 0.325 e. The second-order valence-electron chi connectivity index (χ2n) is 4.87. The van der Waals surface area contributed by atoms with Crippen LogP contribution in [0.3, 0.4) is 0 Å². The maximum Gasteiger partial charge on any atom is 0.278 e. The van der Waals surface area contributed by atoms with Gasteiger partial charge in [0, 0.05) is 12.1 Å². The first-order valence-corrected chi connectivity index (χ1v) is 6.68. The molecule has 2 aromatic carbocycles. The first-order chi connectivity index (χ1) is 10.9. The molecule has 118 valence electrons. The maximum absolute atomic E-state index is 12.2. The molecule has 0 saturated heterocycles. The molecule has 8 heteroatoms. The molecule has 1 N–H and O–H groups in total. The topological polar surface area (TPSA) is 115 Å². The van der Waals surface area contributed by atoms with Crippen LogP contribution in [0, 0.1) is 20.2 Å². The molecule has 2 aromatic rings. The van der Waals surface area contributed by atoms with Crippen molar-refractivity contribution in [1.82, 2.24) is 0 Å². The van der Waals surface area contributed by atoms with Crippen LogP contribution in [0.1, 0.15) is 18.4 Å². The van der Waals surface area contributed by atoms with E-state index in [0.717, 1.165) is 23.8 Å². The predicted octanol–water partition coefficient (Wildman–Crippen LogP) is 3.25. The van der Waals surface area contributed by atoms with E-state index < -0.39 is 33.0 Å². The smallest absolute Gasteiger partial charge is 0.278 e. The Bertz CT molecular complexity index is 729. The van der Waals surface area contributed by atoms with Crippen LogP contribution in [0.2, 0.25) is 0 Å². The second kappa shape index (κ2) is 6.65. The van der Waals surface area contributed by atoms with Gasteiger partial charge in [-0.05, 0) is 12.5 Å². The molecule has 0 saturated carbocycles. The van der Waals surface area contributed by atoms with Gasteiger partial charge in [0.15, 0.2) is 0 Å². The third kappa shape index (κ3) is 3.88. The van der Waals surface area contributed by atoms with Crippen molar-refractivity contribution in [3.8, 4) is 0 Å². The fraction of sp³-hybridized carbons (Fsp3) is 0.133. The van der Waals surface area contributed by atoms with E-state index in [1.54, 1.807) is 31.2 Å². The zero-order valence-electron chi connectivity index (χ0n) is 12.1. The molecule has 8 nitrogen and oxygen atoms in total. The van der Waals surface area contributed by atoms with Gasteiger partial charge in [-0.2, -0.15) is 0 Å². The lowest BCUT2D eigenvalue weighted by molar-refractivity contribution is -0.394. The van der Waals surface area contributed by atoms with Gasteiger partial charge in [-0.1, -0.05) is 30.3 Å². The highest BCUT2D eigenvalue weighted by molar-refractivity contribution is 5.96. The van der Waals surface area contributed by atoms with Gasteiger partial charge in [-0.15, -0.1) is 0 Å². The normalized spacial score (nSPS) is 11.5. The average Bonchev–Trinajstić information content (AvgIpc) is 2.54. The van der Waals surface area contributed by atoms with Crippen LogP contribution in [0.15, 0.2) is 48.5 Å². The Kier molecular flexibility index (Phi) is 4.65. The molecule has 1 amide bonds. The Hall–Kier alpha value is -3.29. The summed E-state index contributed by atoms with van der Waals surface area (Å²) in [7, 11) is 0. The van der Waals surface area contributed by atoms with E-state index in [1.165, 1.54) is 0 Å². The lowest BCUT2D eigenvalue weighted by Crippen LogP contribution is -2.19. The molecule has 0 aliphatic heterocycles. The fourth-order valence-corrected chi connectivity index (χ4v) is 2.02. The number of amides is 1. The molecular formula is C15H13N3O5. The Morgan fingerprint density at radius 1 is 1.00 bits per heavy atom. The zero-order valence-corrected chi connectivity index (χ0v) is 12.1. The van der Waals surface area contributed by atoms with Crippen molar-refractivity contribution in [1.29, 1.82) is 0 Å². The summed E-state index contributed by atoms with van der Waals surface area (Å²) in [5, 5.41) is 24.2. The van der Waals surface area contributed by atoms with E-state index in [2.05, 4.69) is 5.32 Å². The van der Waals surface area contributed by atoms with Gasteiger partial charge in [0.2, 0.25) is 5.91 Å². The van der Waals surface area contributed by atoms with E-state index in [9.17, 15) is 25.0 Å². The second-order valence-corrected chi connectivity index (χ2v) is 4.87. The van der Waals surface area contributed by atoms with Crippen molar-refractivity contribution >= 4 is 23.0 Å². The molecule has 0 radical (unpaired) electrons. The van der Waals surface area contributed by atoms with E-state index in [0.29, 0.717) is 0 Å². The van der Waals surface area contributed by atoms with Crippen LogP contribution in [0.4, 0.5) is 17.1 Å². The number of benzene rings is 2. The molecule has 0 aromatic heterocycles. The van der Waals surface area contributed by atoms with Gasteiger partial charge in [0.25, 0.3) is 11.4 Å². The number of nitro groups is 2. The maximum atomic E-state index is 12.2. The summed E-state index contributed by atoms with van der Waals surface area (Å²) < 4.78 is 0. The lowest BCUT2D eigenvalue weighted by Gasteiger charge is -2.12. The van der Waals surface area contributed by atoms with Gasteiger partial charge in [-0.3, -0.25) is 25.0 Å². The number of rotatable bonds is 5. The van der Waals surface area contributed by atoms with Crippen LogP contribution in [0.25, 0.3) is 0 Å². The Labute approximate surface area is 131 Å². The molecule has 2 rings (SSSR count). The van der Waals surface area contributed by atoms with Gasteiger partial charge >= 0.3 is 0 Å². The van der Waals surface area contributed by atoms with Crippen molar-refractivity contribution in [2.75, 3.05) is 5.32 Å². The summed E-state index contributed by atoms with van der Waals surface area (Å²) in [6.07, 6.45) is 0. The van der Waals surface area contributed by atoms with Crippen LogP contribution in [-0.4, -0.2) is 15.8 Å². The van der Waals surface area contributed by atoms with Crippen molar-refractivity contribution in [3.05, 3.63) is 74.3 Å². The van der Waals surface area contributed by atoms with Crippen LogP contribution < -0.4 is 5.32 Å². The average molecular weight is 315 g/mol. The number of nitro benzene ring substituents is 2. The number of hydrogen-bond acceptors (Lipinski definition) is 5. The summed E-state index contributed by atoms with van der Waals surface area (Å²) in [5.41, 5.74) is -0.132. The Balaban J connectivity index is 2.26. The zero-order chi connectivity index (χ0) is 17.0. The Morgan fingerprint density at radius 2 is 1.52 bits per heavy atom. The number of hydrogen-bond donors (Lipinski definition) is 1. The van der Waals surface area contributed by atoms with E-state index in [1.807, 2.05) is 6.07 Å². The first kappa shape index (κ1) is 16.1. The minimum atomic E-state index is -0.747. The van der Waals surface area contributed by atoms with Crippen LogP contribution in [-0.2, 0) is 4.79 Å². The molecule has 0 aliphatic rings. The molecule has 0 unspecified atom stereocenters. The van der Waals surface area contributed by atoms with Crippen LogP contribution >= 0.6 is 0 Å². The number of carbonyl (C=O) groups is 1. The highest BCUT2D eigenvalue weighted by Gasteiger charge is 2.20. The van der Waals surface area contributed by atoms with E-state index in [4.69, 9.17) is 0 Å². The van der Waals surface area contributed by atoms with Crippen molar-refractivity contribution in [3.63, 3.8) is 0 Å². The molecule has 0 spiro atoms. The van der Waals surface area contributed by atoms with Gasteiger partial charge in [0.1, 0.15) is 0 Å². The number of carbonyl (C=O) groups excluding carboxylic acids is 1. The monoisotopic (exact) mass is 315 g/mol. The summed E-state index contributed by atoms with van der Waals surface area (Å²) in [4.78, 5) is 32.4. The molecule has 0 fully saturated rings. The molecule has 0 aliphatic carbocycles. The number of anilines is 1. The quantitative estimate of drug-likeness (QED) is 0.671. The molecular weight excluding hydrogens is 302 g/mol. The number of nitrogens with one attached hydrogen (secondary N) is 1. The molecule has 0 heterocycles. The van der Waals surface area contributed by atoms with Crippen LogP contribution in [0.5, 0.6) is 0 Å². The highest BCUT2D eigenvalue weighted by atomic mass is 16.6. The predicted molar refractivity (Wildman–Crippen MR) is 83.2 cm³/mol. The minimum absolute atomic E-state index is 0.0127. The van der Waals surface area contributed by atoms with E-state index in [-0.39, 0.29) is 5.69 Å². The van der Waals surface area contributed by atoms with Crippen molar-refractivity contribution in [2.24, 2.45) is 0 Å². The van der Waals surface area contributed by atoms with Gasteiger partial charge in [-0.25, -0.2) is 0 Å². The number of non-ortho nitro benzene ring substituents is 2. The van der Waals surface area contributed by atoms with Crippen molar-refractivity contribution < 1.29 is 14.6 Å². The highest BCUT2D eigenvalue weighted by Crippen LogP contribution is 2.27. The van der Waals surface area contributed by atoms with Crippen molar-refractivity contribution in [2.45, 2.75) is 12.8 Å². The summed E-state index contributed by atoms with van der Waals surface area (Å²) in [6, 6.07) is 12.0. The SMILES string of the molecule is C[C@@H](C(=O)Nc1cc([N+](=O)[O-])cc([N+](=O)[O-])c1)c1ccccc1. The molecule has 0 bridgehead atoms. The first-order valence-electron chi connectivity index (χ1n) is 6.68. The fourth-order valence-electron chi connectivity index (χ4n) is 2.02. The number of nitrogens with zero attached hydrogens (tertiary/aromatic N) is 2. The molecule has 1 atom stereocenters. The third-order valence-corrected chi connectivity index (χ3v) is 3.28. The molecule has 23 heavy (non-hydrogen) atoms. The van der Waals surface area contributed by atoms with Gasteiger partial charge in [0.05, 0.1) is 27.5 Å². The summed E-state index contributed by atoms with van der Waals surface area (Å²) in [6.45, 7) is 1.68. The lowest BCUT2D eigenvalue weighted by atomic mass is 10.0. The summed E-state index contributed by atoms with van der Waals surface area (Å²) in [5.74, 6) is -0.916.